The maximum absolute atomic E-state index is 6.34. The monoisotopic (exact) mass is 523 g/mol. The summed E-state index contributed by atoms with van der Waals surface area (Å²) in [4.78, 5) is 4.91. The van der Waals surface area contributed by atoms with Crippen LogP contribution in [0.15, 0.2) is 89.9 Å². The molecule has 0 amide bonds. The topological polar surface area (TPSA) is 58.5 Å². The van der Waals surface area contributed by atoms with E-state index in [9.17, 15) is 0 Å². The second-order valence-corrected chi connectivity index (χ2v) is 9.29. The molecule has 6 heteroatoms. The molecule has 1 heterocycles. The van der Waals surface area contributed by atoms with Gasteiger partial charge in [-0.05, 0) is 52.9 Å². The molecule has 0 N–H and O–H groups in total. The summed E-state index contributed by atoms with van der Waals surface area (Å²) >= 11 is 0. The van der Waals surface area contributed by atoms with Gasteiger partial charge in [-0.15, -0.1) is 0 Å². The van der Waals surface area contributed by atoms with Gasteiger partial charge >= 0.3 is 0 Å². The first kappa shape index (κ1) is 26.2. The summed E-state index contributed by atoms with van der Waals surface area (Å²) in [6.45, 7) is 1.63. The largest absolute Gasteiger partial charge is 0.493 e. The van der Waals surface area contributed by atoms with Gasteiger partial charge in [-0.25, -0.2) is 0 Å². The van der Waals surface area contributed by atoms with Crippen LogP contribution in [-0.4, -0.2) is 33.6 Å². The van der Waals surface area contributed by atoms with E-state index in [1.807, 2.05) is 48.5 Å². The zero-order valence-corrected chi connectivity index (χ0v) is 22.6. The Morgan fingerprint density at radius 1 is 0.615 bits per heavy atom. The fourth-order valence-corrected chi connectivity index (χ4v) is 4.75. The van der Waals surface area contributed by atoms with E-state index in [4.69, 9.17) is 28.7 Å². The van der Waals surface area contributed by atoms with Crippen LogP contribution in [0.2, 0.25) is 0 Å². The summed E-state index contributed by atoms with van der Waals surface area (Å²) in [5, 5.41) is 0. The minimum Gasteiger partial charge on any atom is -0.493 e. The molecular formula is C33H33NO5. The van der Waals surface area contributed by atoms with Crippen molar-refractivity contribution in [2.75, 3.05) is 27.9 Å². The average molecular weight is 524 g/mol. The van der Waals surface area contributed by atoms with E-state index in [1.165, 1.54) is 5.56 Å². The molecular weight excluding hydrogens is 490 g/mol. The van der Waals surface area contributed by atoms with Crippen molar-refractivity contribution in [3.05, 3.63) is 113 Å². The second kappa shape index (κ2) is 12.4. The molecule has 0 atom stereocenters. The molecule has 1 aliphatic rings. The minimum atomic E-state index is 0.445. The number of fused-ring (bicyclic) bond motifs is 1. The number of methoxy groups -OCH3 is 3. The van der Waals surface area contributed by atoms with Crippen LogP contribution in [0.1, 0.15) is 27.8 Å². The summed E-state index contributed by atoms with van der Waals surface area (Å²) in [5.41, 5.74) is 6.48. The van der Waals surface area contributed by atoms with Crippen molar-refractivity contribution in [2.45, 2.75) is 26.1 Å². The van der Waals surface area contributed by atoms with E-state index in [0.717, 1.165) is 46.7 Å². The van der Waals surface area contributed by atoms with Crippen LogP contribution in [0.4, 0.5) is 0 Å². The van der Waals surface area contributed by atoms with E-state index in [0.29, 0.717) is 42.6 Å². The van der Waals surface area contributed by atoms with Crippen LogP contribution in [-0.2, 0) is 26.1 Å². The molecule has 6 nitrogen and oxygen atoms in total. The molecule has 5 rings (SSSR count). The zero-order chi connectivity index (χ0) is 27.0. The van der Waals surface area contributed by atoms with Crippen LogP contribution in [0.25, 0.3) is 0 Å². The van der Waals surface area contributed by atoms with Crippen molar-refractivity contribution < 1.29 is 23.7 Å². The van der Waals surface area contributed by atoms with Crippen LogP contribution in [0.5, 0.6) is 28.7 Å². The number of rotatable bonds is 11. The Balaban J connectivity index is 1.46. The summed E-state index contributed by atoms with van der Waals surface area (Å²) < 4.78 is 29.3. The first-order chi connectivity index (χ1) is 19.2. The first-order valence-corrected chi connectivity index (χ1v) is 13.0. The van der Waals surface area contributed by atoms with Gasteiger partial charge in [0.05, 0.1) is 21.3 Å². The van der Waals surface area contributed by atoms with E-state index in [-0.39, 0.29) is 0 Å². The summed E-state index contributed by atoms with van der Waals surface area (Å²) in [5.74, 6) is 3.27. The molecule has 4 aromatic carbocycles. The summed E-state index contributed by atoms with van der Waals surface area (Å²) in [7, 11) is 4.86. The smallest absolute Gasteiger partial charge is 0.203 e. The van der Waals surface area contributed by atoms with Gasteiger partial charge in [0, 0.05) is 24.2 Å². The van der Waals surface area contributed by atoms with Gasteiger partial charge in [0.2, 0.25) is 5.75 Å². The summed E-state index contributed by atoms with van der Waals surface area (Å²) in [6.07, 6.45) is 1.46. The highest BCUT2D eigenvalue weighted by Gasteiger charge is 2.21. The van der Waals surface area contributed by atoms with Crippen molar-refractivity contribution in [3.63, 3.8) is 0 Å². The number of hydrogen-bond acceptors (Lipinski definition) is 6. The summed E-state index contributed by atoms with van der Waals surface area (Å²) in [6, 6.07) is 28.4. The predicted molar refractivity (Wildman–Crippen MR) is 153 cm³/mol. The molecule has 0 bridgehead atoms. The zero-order valence-electron chi connectivity index (χ0n) is 22.6. The molecule has 0 saturated carbocycles. The van der Waals surface area contributed by atoms with Crippen LogP contribution in [0, 0.1) is 0 Å². The maximum Gasteiger partial charge on any atom is 0.203 e. The van der Waals surface area contributed by atoms with E-state index in [2.05, 4.69) is 36.4 Å². The van der Waals surface area contributed by atoms with Gasteiger partial charge < -0.3 is 23.7 Å². The Kier molecular flexibility index (Phi) is 8.32. The molecule has 0 radical (unpaired) electrons. The highest BCUT2D eigenvalue weighted by molar-refractivity contribution is 6.04. The number of hydrogen-bond donors (Lipinski definition) is 0. The lowest BCUT2D eigenvalue weighted by molar-refractivity contribution is 0.255. The Morgan fingerprint density at radius 3 is 1.72 bits per heavy atom. The Bertz CT molecular complexity index is 1410. The van der Waals surface area contributed by atoms with Gasteiger partial charge in [-0.2, -0.15) is 0 Å². The molecule has 4 aromatic rings. The maximum atomic E-state index is 6.34. The van der Waals surface area contributed by atoms with E-state index >= 15 is 0 Å². The Labute approximate surface area is 229 Å². The number of ether oxygens (including phenoxy) is 5. The predicted octanol–water partition coefficient (Wildman–Crippen LogP) is 6.46. The molecule has 0 saturated heterocycles. The number of nitrogens with zero attached hydrogens (tertiary/aromatic N) is 1. The number of benzene rings is 4. The van der Waals surface area contributed by atoms with Crippen LogP contribution >= 0.6 is 0 Å². The molecule has 0 unspecified atom stereocenters. The molecule has 39 heavy (non-hydrogen) atoms. The molecule has 1 aliphatic heterocycles. The lowest BCUT2D eigenvalue weighted by Gasteiger charge is -2.22. The van der Waals surface area contributed by atoms with Crippen LogP contribution in [0.3, 0.4) is 0 Å². The third-order valence-electron chi connectivity index (χ3n) is 6.73. The molecule has 0 spiro atoms. The SMILES string of the molecule is COc1cc(CC2=NCCc3cc(OCc4ccccc4)c(OCc4ccccc4)cc32)cc(OC)c1OC. The highest BCUT2D eigenvalue weighted by atomic mass is 16.5. The molecule has 0 aliphatic carbocycles. The highest BCUT2D eigenvalue weighted by Crippen LogP contribution is 2.39. The van der Waals surface area contributed by atoms with Crippen molar-refractivity contribution in [1.29, 1.82) is 0 Å². The van der Waals surface area contributed by atoms with Crippen LogP contribution < -0.4 is 23.7 Å². The molecule has 0 aromatic heterocycles. The number of aliphatic imine (C=N–C) groups is 1. The Hall–Kier alpha value is -4.45. The van der Waals surface area contributed by atoms with Crippen molar-refractivity contribution in [2.24, 2.45) is 4.99 Å². The van der Waals surface area contributed by atoms with Gasteiger partial charge in [0.25, 0.3) is 0 Å². The van der Waals surface area contributed by atoms with Gasteiger partial charge in [0.1, 0.15) is 13.2 Å². The van der Waals surface area contributed by atoms with Crippen molar-refractivity contribution >= 4 is 5.71 Å². The van der Waals surface area contributed by atoms with E-state index in [1.54, 1.807) is 21.3 Å². The minimum absolute atomic E-state index is 0.445. The first-order valence-electron chi connectivity index (χ1n) is 13.0. The second-order valence-electron chi connectivity index (χ2n) is 9.29. The quantitative estimate of drug-likeness (QED) is 0.226. The van der Waals surface area contributed by atoms with Gasteiger partial charge in [-0.1, -0.05) is 60.7 Å². The van der Waals surface area contributed by atoms with Gasteiger partial charge in [-0.3, -0.25) is 4.99 Å². The lowest BCUT2D eigenvalue weighted by Crippen LogP contribution is -2.16. The van der Waals surface area contributed by atoms with Crippen molar-refractivity contribution in [3.8, 4) is 28.7 Å². The molecule has 0 fully saturated rings. The normalized spacial score (nSPS) is 12.2. The van der Waals surface area contributed by atoms with Gasteiger partial charge in [0.15, 0.2) is 23.0 Å². The van der Waals surface area contributed by atoms with Crippen molar-refractivity contribution in [1.82, 2.24) is 0 Å². The third-order valence-corrected chi connectivity index (χ3v) is 6.73. The lowest BCUT2D eigenvalue weighted by atomic mass is 9.93. The third kappa shape index (κ3) is 6.17. The molecule has 200 valence electrons. The van der Waals surface area contributed by atoms with E-state index < -0.39 is 0 Å². The standard InChI is InChI=1S/C33H33NO5/c1-35-31-17-25(18-32(36-2)33(31)37-3)16-28-27-20-30(39-22-24-12-8-5-9-13-24)29(19-26(27)14-15-34-28)38-21-23-10-6-4-7-11-23/h4-13,17-20H,14-16,21-22H2,1-3H3. The fourth-order valence-electron chi connectivity index (χ4n) is 4.75. The Morgan fingerprint density at radius 2 is 1.18 bits per heavy atom. The fraction of sp³-hybridized carbons (Fsp3) is 0.242. The average Bonchev–Trinajstić information content (AvgIpc) is 2.99.